The van der Waals surface area contributed by atoms with Gasteiger partial charge < -0.3 is 29.7 Å². The summed E-state index contributed by atoms with van der Waals surface area (Å²) in [5.74, 6) is 0.175. The first-order chi connectivity index (χ1) is 13.0. The van der Waals surface area contributed by atoms with Gasteiger partial charge in [0.1, 0.15) is 6.61 Å². The molecule has 9 nitrogen and oxygen atoms in total. The molecule has 0 unspecified atom stereocenters. The Morgan fingerprint density at radius 2 is 1.96 bits per heavy atom. The van der Waals surface area contributed by atoms with E-state index in [0.717, 1.165) is 0 Å². The third-order valence-electron chi connectivity index (χ3n) is 4.60. The summed E-state index contributed by atoms with van der Waals surface area (Å²) in [5.41, 5.74) is 0.651. The zero-order valence-electron chi connectivity index (χ0n) is 15.3. The van der Waals surface area contributed by atoms with Crippen molar-refractivity contribution in [2.45, 2.75) is 18.6 Å². The predicted octanol–water partition coefficient (Wildman–Crippen LogP) is -0.392. The second-order valence-corrected chi connectivity index (χ2v) is 6.35. The molecule has 3 amide bonds. The fraction of sp³-hybridized carbons (Fsp3) is 0.500. The average Bonchev–Trinajstić information content (AvgIpc) is 2.91. The van der Waals surface area contributed by atoms with Crippen molar-refractivity contribution in [2.24, 2.45) is 0 Å². The molecule has 2 aliphatic heterocycles. The van der Waals surface area contributed by atoms with Crippen molar-refractivity contribution in [3.63, 3.8) is 0 Å². The number of nitrogens with one attached hydrogen (secondary N) is 2. The highest BCUT2D eigenvalue weighted by Gasteiger charge is 2.39. The molecule has 0 radical (unpaired) electrons. The zero-order valence-corrected chi connectivity index (χ0v) is 15.3. The van der Waals surface area contributed by atoms with Crippen LogP contribution < -0.4 is 20.1 Å². The van der Waals surface area contributed by atoms with E-state index in [4.69, 9.17) is 14.2 Å². The summed E-state index contributed by atoms with van der Waals surface area (Å²) in [4.78, 5) is 38.2. The number of morpholine rings is 1. The van der Waals surface area contributed by atoms with E-state index in [2.05, 4.69) is 10.6 Å². The summed E-state index contributed by atoms with van der Waals surface area (Å²) < 4.78 is 16.1. The second-order valence-electron chi connectivity index (χ2n) is 6.35. The summed E-state index contributed by atoms with van der Waals surface area (Å²) in [7, 11) is 3.04. The minimum absolute atomic E-state index is 0.0225. The first-order valence-electron chi connectivity index (χ1n) is 8.72. The summed E-state index contributed by atoms with van der Waals surface area (Å²) in [5, 5.41) is 5.55. The quantitative estimate of drug-likeness (QED) is 0.740. The monoisotopic (exact) mass is 377 g/mol. The van der Waals surface area contributed by atoms with Gasteiger partial charge in [-0.3, -0.25) is 14.4 Å². The molecule has 9 heteroatoms. The fourth-order valence-electron chi connectivity index (χ4n) is 3.24. The number of amides is 3. The van der Waals surface area contributed by atoms with E-state index < -0.39 is 12.1 Å². The number of ether oxygens (including phenoxy) is 3. The minimum Gasteiger partial charge on any atom is -0.493 e. The van der Waals surface area contributed by atoms with Gasteiger partial charge in [-0.15, -0.1) is 0 Å². The van der Waals surface area contributed by atoms with Crippen LogP contribution in [-0.4, -0.2) is 69.2 Å². The number of hydrogen-bond acceptors (Lipinski definition) is 6. The van der Waals surface area contributed by atoms with Crippen LogP contribution in [0.5, 0.6) is 11.5 Å². The number of benzene rings is 1. The number of carbonyl (C=O) groups is 3. The normalized spacial score (nSPS) is 23.1. The molecule has 0 saturated carbocycles. The lowest BCUT2D eigenvalue weighted by molar-refractivity contribution is -0.156. The van der Waals surface area contributed by atoms with Gasteiger partial charge in [0.25, 0.3) is 5.91 Å². The maximum Gasteiger partial charge on any atom is 0.254 e. The lowest BCUT2D eigenvalue weighted by Gasteiger charge is -2.34. The first-order valence-corrected chi connectivity index (χ1v) is 8.72. The summed E-state index contributed by atoms with van der Waals surface area (Å²) >= 11 is 0. The van der Waals surface area contributed by atoms with Crippen molar-refractivity contribution in [3.8, 4) is 11.5 Å². The minimum atomic E-state index is -0.924. The molecule has 27 heavy (non-hydrogen) atoms. The van der Waals surface area contributed by atoms with E-state index in [0.29, 0.717) is 36.6 Å². The van der Waals surface area contributed by atoms with Crippen molar-refractivity contribution in [3.05, 3.63) is 23.8 Å². The van der Waals surface area contributed by atoms with Crippen LogP contribution in [0, 0.1) is 0 Å². The van der Waals surface area contributed by atoms with Crippen LogP contribution in [0.3, 0.4) is 0 Å². The molecule has 0 bridgehead atoms. The molecular formula is C18H23N3O6. The Kier molecular flexibility index (Phi) is 5.80. The van der Waals surface area contributed by atoms with E-state index in [1.165, 1.54) is 19.1 Å². The van der Waals surface area contributed by atoms with Crippen LogP contribution >= 0.6 is 0 Å². The Bertz CT molecular complexity index is 738. The van der Waals surface area contributed by atoms with Gasteiger partial charge in [-0.05, 0) is 24.1 Å². The molecule has 2 saturated heterocycles. The SMILES string of the molecule is COc1ccc([C@H]2NC(=O)CO[C@@H]2C(=O)N2CCCNC(=O)C2)cc1OC. The van der Waals surface area contributed by atoms with Gasteiger partial charge in [0.2, 0.25) is 11.8 Å². The van der Waals surface area contributed by atoms with Crippen molar-refractivity contribution in [1.82, 2.24) is 15.5 Å². The number of carbonyl (C=O) groups excluding carboxylic acids is 3. The third-order valence-corrected chi connectivity index (χ3v) is 4.60. The Balaban J connectivity index is 1.87. The Morgan fingerprint density at radius 3 is 2.70 bits per heavy atom. The third kappa shape index (κ3) is 4.13. The van der Waals surface area contributed by atoms with E-state index in [-0.39, 0.29) is 30.9 Å². The van der Waals surface area contributed by atoms with Gasteiger partial charge in [0, 0.05) is 13.1 Å². The topological polar surface area (TPSA) is 106 Å². The van der Waals surface area contributed by atoms with Crippen molar-refractivity contribution in [2.75, 3.05) is 40.5 Å². The number of methoxy groups -OCH3 is 2. The van der Waals surface area contributed by atoms with Crippen LogP contribution in [0.2, 0.25) is 0 Å². The lowest BCUT2D eigenvalue weighted by atomic mass is 9.98. The number of hydrogen-bond donors (Lipinski definition) is 2. The molecule has 1 aromatic carbocycles. The lowest BCUT2D eigenvalue weighted by Crippen LogP contribution is -2.54. The van der Waals surface area contributed by atoms with Crippen LogP contribution in [0.1, 0.15) is 18.0 Å². The van der Waals surface area contributed by atoms with E-state index >= 15 is 0 Å². The molecule has 1 aromatic rings. The van der Waals surface area contributed by atoms with Crippen LogP contribution in [0.15, 0.2) is 18.2 Å². The van der Waals surface area contributed by atoms with Crippen molar-refractivity contribution >= 4 is 17.7 Å². The molecule has 2 N–H and O–H groups in total. The maximum atomic E-state index is 13.0. The first kappa shape index (κ1) is 19.0. The molecule has 0 aromatic heterocycles. The smallest absolute Gasteiger partial charge is 0.254 e. The summed E-state index contributed by atoms with van der Waals surface area (Å²) in [6, 6.07) is 4.46. The van der Waals surface area contributed by atoms with Crippen molar-refractivity contribution < 1.29 is 28.6 Å². The highest BCUT2D eigenvalue weighted by Crippen LogP contribution is 2.33. The predicted molar refractivity (Wildman–Crippen MR) is 94.4 cm³/mol. The number of rotatable bonds is 4. The van der Waals surface area contributed by atoms with E-state index in [1.807, 2.05) is 0 Å². The highest BCUT2D eigenvalue weighted by molar-refractivity contribution is 5.90. The molecule has 0 spiro atoms. The zero-order chi connectivity index (χ0) is 19.4. The van der Waals surface area contributed by atoms with Crippen molar-refractivity contribution in [1.29, 1.82) is 0 Å². The summed E-state index contributed by atoms with van der Waals surface area (Å²) in [6.07, 6.45) is -0.260. The van der Waals surface area contributed by atoms with E-state index in [1.54, 1.807) is 18.2 Å². The molecule has 2 heterocycles. The standard InChI is InChI=1S/C18H23N3O6/c1-25-12-5-4-11(8-13(12)26-2)16-17(27-10-15(23)20-16)18(24)21-7-3-6-19-14(22)9-21/h4-5,8,16-17H,3,6-7,9-10H2,1-2H3,(H,19,22)(H,20,23)/t16-,17+/m1/s1. The average molecular weight is 377 g/mol. The van der Waals surface area contributed by atoms with Gasteiger partial charge in [-0.25, -0.2) is 0 Å². The van der Waals surface area contributed by atoms with Gasteiger partial charge in [-0.1, -0.05) is 6.07 Å². The van der Waals surface area contributed by atoms with Gasteiger partial charge in [-0.2, -0.15) is 0 Å². The molecule has 3 rings (SSSR count). The number of nitrogens with zero attached hydrogens (tertiary/aromatic N) is 1. The highest BCUT2D eigenvalue weighted by atomic mass is 16.5. The molecule has 146 valence electrons. The van der Waals surface area contributed by atoms with Gasteiger partial charge >= 0.3 is 0 Å². The second kappa shape index (κ2) is 8.26. The summed E-state index contributed by atoms with van der Waals surface area (Å²) in [6.45, 7) is 0.750. The Hall–Kier alpha value is -2.81. The van der Waals surface area contributed by atoms with E-state index in [9.17, 15) is 14.4 Å². The van der Waals surface area contributed by atoms with Gasteiger partial charge in [0.15, 0.2) is 17.6 Å². The Labute approximate surface area is 156 Å². The Morgan fingerprint density at radius 1 is 1.19 bits per heavy atom. The molecule has 2 aliphatic rings. The van der Waals surface area contributed by atoms with Crippen LogP contribution in [-0.2, 0) is 19.1 Å². The molecular weight excluding hydrogens is 354 g/mol. The van der Waals surface area contributed by atoms with Gasteiger partial charge in [0.05, 0.1) is 26.8 Å². The largest absolute Gasteiger partial charge is 0.493 e. The van der Waals surface area contributed by atoms with Crippen LogP contribution in [0.4, 0.5) is 0 Å². The fourth-order valence-corrected chi connectivity index (χ4v) is 3.24. The molecule has 0 aliphatic carbocycles. The van der Waals surface area contributed by atoms with Crippen LogP contribution in [0.25, 0.3) is 0 Å². The molecule has 2 fully saturated rings. The molecule has 2 atom stereocenters. The maximum absolute atomic E-state index is 13.0.